The van der Waals surface area contributed by atoms with Crippen LogP contribution in [0.4, 0.5) is 4.39 Å². The van der Waals surface area contributed by atoms with Gasteiger partial charge in [0.2, 0.25) is 0 Å². The number of aliphatic hydroxyl groups excluding tert-OH is 1. The molecule has 1 aliphatic carbocycles. The van der Waals surface area contributed by atoms with Crippen molar-refractivity contribution in [3.05, 3.63) is 71.0 Å². The highest BCUT2D eigenvalue weighted by Crippen LogP contribution is 2.37. The molecule has 0 aromatic heterocycles. The molecule has 1 saturated heterocycles. The number of carbonyl (C=O) groups is 1. The van der Waals surface area contributed by atoms with Gasteiger partial charge >= 0.3 is 0 Å². The Labute approximate surface area is 181 Å². The molecule has 31 heavy (non-hydrogen) atoms. The van der Waals surface area contributed by atoms with E-state index in [1.54, 1.807) is 12.1 Å². The number of fused-ring (bicyclic) bond motifs is 1. The molecule has 2 heterocycles. The van der Waals surface area contributed by atoms with Crippen molar-refractivity contribution in [2.24, 2.45) is 0 Å². The molecule has 0 unspecified atom stereocenters. The van der Waals surface area contributed by atoms with Crippen molar-refractivity contribution in [3.63, 3.8) is 0 Å². The number of amides is 1. The molecule has 2 fully saturated rings. The molecular formula is C25H28FNO4. The summed E-state index contributed by atoms with van der Waals surface area (Å²) >= 11 is 0. The van der Waals surface area contributed by atoms with E-state index >= 15 is 0 Å². The van der Waals surface area contributed by atoms with Gasteiger partial charge in [0.1, 0.15) is 18.0 Å². The summed E-state index contributed by atoms with van der Waals surface area (Å²) in [5.74, 6) is -0.438. The van der Waals surface area contributed by atoms with Crippen molar-refractivity contribution in [1.82, 2.24) is 4.90 Å². The van der Waals surface area contributed by atoms with Crippen molar-refractivity contribution in [2.45, 2.75) is 62.6 Å². The largest absolute Gasteiger partial charge is 0.390 e. The summed E-state index contributed by atoms with van der Waals surface area (Å²) in [5, 5.41) is 10.6. The van der Waals surface area contributed by atoms with Crippen LogP contribution in [-0.4, -0.2) is 53.5 Å². The second-order valence-electron chi connectivity index (χ2n) is 8.79. The first kappa shape index (κ1) is 20.6. The maximum atomic E-state index is 13.6. The lowest BCUT2D eigenvalue weighted by molar-refractivity contribution is -0.186. The smallest absolute Gasteiger partial charge is 0.252 e. The number of hydrogen-bond acceptors (Lipinski definition) is 4. The van der Waals surface area contributed by atoms with Crippen molar-refractivity contribution in [1.29, 1.82) is 0 Å². The molecular weight excluding hydrogens is 397 g/mol. The summed E-state index contributed by atoms with van der Waals surface area (Å²) in [6, 6.07) is 14.1. The maximum absolute atomic E-state index is 13.6. The van der Waals surface area contributed by atoms with Crippen LogP contribution in [0.3, 0.4) is 0 Å². The molecule has 164 valence electrons. The first-order valence-corrected chi connectivity index (χ1v) is 11.2. The van der Waals surface area contributed by atoms with Gasteiger partial charge in [-0.2, -0.15) is 0 Å². The monoisotopic (exact) mass is 425 g/mol. The van der Waals surface area contributed by atoms with Crippen LogP contribution in [0.15, 0.2) is 48.5 Å². The van der Waals surface area contributed by atoms with Gasteiger partial charge in [-0.3, -0.25) is 4.79 Å². The minimum Gasteiger partial charge on any atom is -0.390 e. The van der Waals surface area contributed by atoms with Gasteiger partial charge < -0.3 is 19.5 Å². The number of ether oxygens (including phenoxy) is 2. The minimum absolute atomic E-state index is 0.134. The summed E-state index contributed by atoms with van der Waals surface area (Å²) in [7, 11) is 0. The molecule has 1 N–H and O–H groups in total. The lowest BCUT2D eigenvalue weighted by Gasteiger charge is -2.42. The lowest BCUT2D eigenvalue weighted by Crippen LogP contribution is -2.52. The lowest BCUT2D eigenvalue weighted by atomic mass is 9.87. The summed E-state index contributed by atoms with van der Waals surface area (Å²) in [5.41, 5.74) is 3.11. The van der Waals surface area contributed by atoms with E-state index in [0.29, 0.717) is 6.54 Å². The highest BCUT2D eigenvalue weighted by Gasteiger charge is 2.41. The predicted molar refractivity (Wildman–Crippen MR) is 113 cm³/mol. The Morgan fingerprint density at radius 2 is 1.90 bits per heavy atom. The maximum Gasteiger partial charge on any atom is 0.252 e. The van der Waals surface area contributed by atoms with E-state index in [1.807, 2.05) is 23.1 Å². The highest BCUT2D eigenvalue weighted by atomic mass is 19.1. The SMILES string of the molecule is O=C([C@H]1C[C@H](O)[C@@H](OC2CCC2)CO1)N1CCc2ccccc2[C@@H]1c1ccc(F)cc1. The Bertz CT molecular complexity index is 929. The fourth-order valence-corrected chi connectivity index (χ4v) is 4.81. The number of carbonyl (C=O) groups excluding carboxylic acids is 1. The first-order chi connectivity index (χ1) is 15.1. The molecule has 0 bridgehead atoms. The summed E-state index contributed by atoms with van der Waals surface area (Å²) < 4.78 is 25.4. The molecule has 2 aromatic carbocycles. The van der Waals surface area contributed by atoms with Crippen molar-refractivity contribution < 1.29 is 23.8 Å². The van der Waals surface area contributed by atoms with Crippen molar-refractivity contribution in [2.75, 3.05) is 13.2 Å². The van der Waals surface area contributed by atoms with E-state index < -0.39 is 12.2 Å². The summed E-state index contributed by atoms with van der Waals surface area (Å²) in [6.45, 7) is 0.773. The van der Waals surface area contributed by atoms with Gasteiger partial charge in [0.05, 0.1) is 24.9 Å². The molecule has 5 nitrogen and oxygen atoms in total. The standard InChI is InChI=1S/C25H28FNO4/c26-18-10-8-17(9-11-18)24-20-7-2-1-4-16(20)12-13-27(24)25(29)22-14-21(28)23(15-30-22)31-19-5-3-6-19/h1-2,4,7-11,19,21-24,28H,3,5-6,12-15H2/t21-,22+,23-,24-/m0/s1. The molecule has 4 atom stereocenters. The molecule has 2 aromatic rings. The molecule has 1 saturated carbocycles. The van der Waals surface area contributed by atoms with Crippen molar-refractivity contribution in [3.8, 4) is 0 Å². The fourth-order valence-electron chi connectivity index (χ4n) is 4.81. The molecule has 5 rings (SSSR count). The Morgan fingerprint density at radius 1 is 1.13 bits per heavy atom. The van der Waals surface area contributed by atoms with Crippen LogP contribution in [0, 0.1) is 5.82 Å². The van der Waals surface area contributed by atoms with E-state index in [0.717, 1.165) is 36.8 Å². The van der Waals surface area contributed by atoms with E-state index in [2.05, 4.69) is 6.07 Å². The van der Waals surface area contributed by atoms with Crippen LogP contribution in [-0.2, 0) is 20.7 Å². The van der Waals surface area contributed by atoms with Gasteiger partial charge in [0, 0.05) is 13.0 Å². The zero-order valence-electron chi connectivity index (χ0n) is 17.5. The summed E-state index contributed by atoms with van der Waals surface area (Å²) in [4.78, 5) is 15.3. The van der Waals surface area contributed by atoms with E-state index in [-0.39, 0.29) is 43.0 Å². The van der Waals surface area contributed by atoms with Gasteiger partial charge in [0.25, 0.3) is 5.91 Å². The van der Waals surface area contributed by atoms with Crippen molar-refractivity contribution >= 4 is 5.91 Å². The van der Waals surface area contributed by atoms with Crippen LogP contribution in [0.2, 0.25) is 0 Å². The predicted octanol–water partition coefficient (Wildman–Crippen LogP) is 3.39. The van der Waals surface area contributed by atoms with Crippen LogP contribution in [0.25, 0.3) is 0 Å². The first-order valence-electron chi connectivity index (χ1n) is 11.2. The zero-order chi connectivity index (χ0) is 21.4. The third-order valence-electron chi connectivity index (χ3n) is 6.79. The zero-order valence-corrected chi connectivity index (χ0v) is 17.5. The topological polar surface area (TPSA) is 59.0 Å². The Morgan fingerprint density at radius 3 is 2.61 bits per heavy atom. The number of hydrogen-bond donors (Lipinski definition) is 1. The quantitative estimate of drug-likeness (QED) is 0.816. The molecule has 0 radical (unpaired) electrons. The van der Waals surface area contributed by atoms with E-state index in [9.17, 15) is 14.3 Å². The number of benzene rings is 2. The number of nitrogens with zero attached hydrogens (tertiary/aromatic N) is 1. The van der Waals surface area contributed by atoms with Gasteiger partial charge in [-0.15, -0.1) is 0 Å². The molecule has 2 aliphatic heterocycles. The van der Waals surface area contributed by atoms with Gasteiger partial charge in [0.15, 0.2) is 0 Å². The Balaban J connectivity index is 1.36. The van der Waals surface area contributed by atoms with Gasteiger partial charge in [-0.1, -0.05) is 36.4 Å². The van der Waals surface area contributed by atoms with Crippen LogP contribution in [0.1, 0.15) is 48.4 Å². The van der Waals surface area contributed by atoms with E-state index in [1.165, 1.54) is 17.7 Å². The minimum atomic E-state index is -0.718. The van der Waals surface area contributed by atoms with E-state index in [4.69, 9.17) is 9.47 Å². The molecule has 1 amide bonds. The number of aliphatic hydroxyl groups is 1. The number of halogens is 1. The summed E-state index contributed by atoms with van der Waals surface area (Å²) in [6.07, 6.45) is 2.61. The van der Waals surface area contributed by atoms with Crippen LogP contribution in [0.5, 0.6) is 0 Å². The van der Waals surface area contributed by atoms with Crippen LogP contribution < -0.4 is 0 Å². The Hall–Kier alpha value is -2.28. The highest BCUT2D eigenvalue weighted by molar-refractivity contribution is 5.82. The fraction of sp³-hybridized carbons (Fsp3) is 0.480. The average Bonchev–Trinajstić information content (AvgIpc) is 2.76. The van der Waals surface area contributed by atoms with Crippen LogP contribution >= 0.6 is 0 Å². The third-order valence-corrected chi connectivity index (χ3v) is 6.79. The average molecular weight is 426 g/mol. The third kappa shape index (κ3) is 4.12. The number of rotatable bonds is 4. The second kappa shape index (κ2) is 8.69. The molecule has 6 heteroatoms. The normalized spacial score (nSPS) is 28.6. The Kier molecular flexibility index (Phi) is 5.78. The molecule has 3 aliphatic rings. The van der Waals surface area contributed by atoms with Gasteiger partial charge in [-0.25, -0.2) is 4.39 Å². The second-order valence-corrected chi connectivity index (χ2v) is 8.79. The van der Waals surface area contributed by atoms with Gasteiger partial charge in [-0.05, 0) is 54.5 Å². The molecule has 0 spiro atoms.